The van der Waals surface area contributed by atoms with E-state index >= 15 is 0 Å². The molecule has 20 heavy (non-hydrogen) atoms. The number of nitrogens with one attached hydrogen (secondary N) is 1. The molecule has 0 atom stereocenters. The van der Waals surface area contributed by atoms with Gasteiger partial charge < -0.3 is 10.4 Å². The number of nitrogens with zero attached hydrogens (tertiary/aromatic N) is 1. The van der Waals surface area contributed by atoms with Crippen LogP contribution in [-0.4, -0.2) is 16.0 Å². The molecule has 0 bridgehead atoms. The number of hydrogen-bond donors (Lipinski definition) is 2. The maximum absolute atomic E-state index is 11.9. The SMILES string of the molecule is O=C1Nc2ncccc2C1=Cc1cc(Cl)c(O)c(Cl)c1. The second-order valence-electron chi connectivity index (χ2n) is 4.24. The molecule has 2 aromatic rings. The van der Waals surface area contributed by atoms with Crippen molar-refractivity contribution >= 4 is 46.6 Å². The molecule has 1 aromatic heterocycles. The van der Waals surface area contributed by atoms with E-state index in [9.17, 15) is 9.90 Å². The number of phenols is 1. The lowest BCUT2D eigenvalue weighted by molar-refractivity contribution is -0.110. The summed E-state index contributed by atoms with van der Waals surface area (Å²) in [5.74, 6) is 0.118. The Balaban J connectivity index is 2.11. The first-order chi connectivity index (χ1) is 9.56. The van der Waals surface area contributed by atoms with Crippen LogP contribution in [0.2, 0.25) is 10.0 Å². The van der Waals surface area contributed by atoms with Gasteiger partial charge >= 0.3 is 0 Å². The van der Waals surface area contributed by atoms with Crippen LogP contribution in [0.15, 0.2) is 30.5 Å². The molecule has 0 saturated carbocycles. The van der Waals surface area contributed by atoms with E-state index in [4.69, 9.17) is 23.2 Å². The van der Waals surface area contributed by atoms with Crippen molar-refractivity contribution in [3.8, 4) is 5.75 Å². The highest BCUT2D eigenvalue weighted by Crippen LogP contribution is 2.36. The highest BCUT2D eigenvalue weighted by atomic mass is 35.5. The Hall–Kier alpha value is -2.04. The molecule has 0 saturated heterocycles. The quantitative estimate of drug-likeness (QED) is 0.792. The minimum atomic E-state index is -0.237. The molecule has 1 aromatic carbocycles. The summed E-state index contributed by atoms with van der Waals surface area (Å²) in [4.78, 5) is 16.0. The Morgan fingerprint density at radius 3 is 2.65 bits per heavy atom. The minimum Gasteiger partial charge on any atom is -0.505 e. The largest absolute Gasteiger partial charge is 0.505 e. The highest BCUT2D eigenvalue weighted by molar-refractivity contribution is 6.38. The molecule has 0 unspecified atom stereocenters. The third-order valence-corrected chi connectivity index (χ3v) is 3.50. The second-order valence-corrected chi connectivity index (χ2v) is 5.06. The van der Waals surface area contributed by atoms with E-state index in [0.29, 0.717) is 17.0 Å². The molecule has 6 heteroatoms. The minimum absolute atomic E-state index is 0.133. The average molecular weight is 307 g/mol. The first kappa shape index (κ1) is 13.0. The van der Waals surface area contributed by atoms with Gasteiger partial charge in [0.15, 0.2) is 5.75 Å². The number of rotatable bonds is 1. The predicted octanol–water partition coefficient (Wildman–Crippen LogP) is 3.59. The zero-order chi connectivity index (χ0) is 14.3. The maximum atomic E-state index is 11.9. The van der Waals surface area contributed by atoms with Crippen molar-refractivity contribution in [2.45, 2.75) is 0 Å². The molecule has 2 heterocycles. The highest BCUT2D eigenvalue weighted by Gasteiger charge is 2.24. The molecule has 4 nitrogen and oxygen atoms in total. The van der Waals surface area contributed by atoms with Crippen LogP contribution in [0, 0.1) is 0 Å². The summed E-state index contributed by atoms with van der Waals surface area (Å²) in [5, 5.41) is 12.5. The number of fused-ring (bicyclic) bond motifs is 1. The molecular formula is C14H8Cl2N2O2. The molecule has 2 N–H and O–H groups in total. The van der Waals surface area contributed by atoms with Crippen molar-refractivity contribution in [3.05, 3.63) is 51.6 Å². The number of aromatic nitrogens is 1. The Labute approximate surface area is 124 Å². The normalized spacial score (nSPS) is 15.3. The zero-order valence-corrected chi connectivity index (χ0v) is 11.5. The van der Waals surface area contributed by atoms with Gasteiger partial charge in [0.05, 0.1) is 15.6 Å². The van der Waals surface area contributed by atoms with E-state index in [1.165, 1.54) is 12.1 Å². The standard InChI is InChI=1S/C14H8Cl2N2O2/c15-10-5-7(6-11(16)12(10)19)4-9-8-2-1-3-17-13(8)18-14(9)20/h1-6,19H,(H,17,18,20). The average Bonchev–Trinajstić information content (AvgIpc) is 2.73. The number of benzene rings is 1. The second kappa shape index (κ2) is 4.81. The topological polar surface area (TPSA) is 62.2 Å². The molecular weight excluding hydrogens is 299 g/mol. The lowest BCUT2D eigenvalue weighted by Gasteiger charge is -2.03. The fourth-order valence-electron chi connectivity index (χ4n) is 2.00. The third-order valence-electron chi connectivity index (χ3n) is 2.92. The van der Waals surface area contributed by atoms with E-state index in [1.807, 2.05) is 0 Å². The lowest BCUT2D eigenvalue weighted by atomic mass is 10.1. The van der Waals surface area contributed by atoms with Gasteiger partial charge in [-0.15, -0.1) is 0 Å². The fourth-order valence-corrected chi connectivity index (χ4v) is 2.50. The van der Waals surface area contributed by atoms with Crippen molar-refractivity contribution in [2.75, 3.05) is 5.32 Å². The van der Waals surface area contributed by atoms with Gasteiger partial charge in [0.2, 0.25) is 0 Å². The number of aromatic hydroxyl groups is 1. The number of pyridine rings is 1. The van der Waals surface area contributed by atoms with Gasteiger partial charge in [-0.3, -0.25) is 4.79 Å². The number of halogens is 2. The van der Waals surface area contributed by atoms with Crippen molar-refractivity contribution in [2.24, 2.45) is 0 Å². The van der Waals surface area contributed by atoms with Crippen molar-refractivity contribution in [1.82, 2.24) is 4.98 Å². The summed E-state index contributed by atoms with van der Waals surface area (Å²) in [6.45, 7) is 0. The van der Waals surface area contributed by atoms with Crippen LogP contribution in [-0.2, 0) is 4.79 Å². The number of phenolic OH excluding ortho intramolecular Hbond substituents is 1. The van der Waals surface area contributed by atoms with Crippen LogP contribution in [0.1, 0.15) is 11.1 Å². The number of anilines is 1. The van der Waals surface area contributed by atoms with Crippen molar-refractivity contribution in [3.63, 3.8) is 0 Å². The van der Waals surface area contributed by atoms with Crippen LogP contribution < -0.4 is 5.32 Å². The summed E-state index contributed by atoms with van der Waals surface area (Å²) < 4.78 is 0. The predicted molar refractivity (Wildman–Crippen MR) is 78.9 cm³/mol. The molecule has 0 radical (unpaired) electrons. The molecule has 1 aliphatic rings. The van der Waals surface area contributed by atoms with E-state index in [1.54, 1.807) is 24.4 Å². The summed E-state index contributed by atoms with van der Waals surface area (Å²) in [6.07, 6.45) is 3.26. The smallest absolute Gasteiger partial charge is 0.257 e. The van der Waals surface area contributed by atoms with E-state index in [-0.39, 0.29) is 21.7 Å². The summed E-state index contributed by atoms with van der Waals surface area (Å²) >= 11 is 11.7. The Bertz CT molecular complexity index is 734. The molecule has 0 fully saturated rings. The van der Waals surface area contributed by atoms with Crippen molar-refractivity contribution in [1.29, 1.82) is 0 Å². The first-order valence-corrected chi connectivity index (χ1v) is 6.48. The number of hydrogen-bond acceptors (Lipinski definition) is 3. The van der Waals surface area contributed by atoms with Crippen LogP contribution in [0.4, 0.5) is 5.82 Å². The molecule has 1 aliphatic heterocycles. The van der Waals surface area contributed by atoms with Gasteiger partial charge in [-0.2, -0.15) is 0 Å². The van der Waals surface area contributed by atoms with Gasteiger partial charge in [-0.05, 0) is 35.9 Å². The van der Waals surface area contributed by atoms with Crippen molar-refractivity contribution < 1.29 is 9.90 Å². The van der Waals surface area contributed by atoms with Gasteiger partial charge in [-0.1, -0.05) is 23.2 Å². The van der Waals surface area contributed by atoms with E-state index in [2.05, 4.69) is 10.3 Å². The van der Waals surface area contributed by atoms with Gasteiger partial charge in [0.25, 0.3) is 5.91 Å². The van der Waals surface area contributed by atoms with Crippen LogP contribution in [0.3, 0.4) is 0 Å². The lowest BCUT2D eigenvalue weighted by Crippen LogP contribution is -2.04. The number of carbonyl (C=O) groups excluding carboxylic acids is 1. The summed E-state index contributed by atoms with van der Waals surface area (Å²) in [5.41, 5.74) is 1.82. The Morgan fingerprint density at radius 2 is 1.95 bits per heavy atom. The van der Waals surface area contributed by atoms with E-state index in [0.717, 1.165) is 5.56 Å². The van der Waals surface area contributed by atoms with E-state index < -0.39 is 0 Å². The van der Waals surface area contributed by atoms with Gasteiger partial charge in [-0.25, -0.2) is 4.98 Å². The molecule has 3 rings (SSSR count). The number of carbonyl (C=O) groups is 1. The Morgan fingerprint density at radius 1 is 1.25 bits per heavy atom. The summed E-state index contributed by atoms with van der Waals surface area (Å²) in [6, 6.07) is 6.63. The molecule has 100 valence electrons. The fraction of sp³-hybridized carbons (Fsp3) is 0. The maximum Gasteiger partial charge on any atom is 0.257 e. The monoisotopic (exact) mass is 306 g/mol. The third kappa shape index (κ3) is 2.13. The van der Waals surface area contributed by atoms with Crippen LogP contribution in [0.25, 0.3) is 11.6 Å². The van der Waals surface area contributed by atoms with Crippen LogP contribution >= 0.6 is 23.2 Å². The molecule has 0 aliphatic carbocycles. The van der Waals surface area contributed by atoms with Gasteiger partial charge in [0, 0.05) is 11.8 Å². The molecule has 0 spiro atoms. The Kier molecular flexibility index (Phi) is 3.12. The molecule has 1 amide bonds. The zero-order valence-electron chi connectivity index (χ0n) is 10.0. The number of amides is 1. The first-order valence-electron chi connectivity index (χ1n) is 5.72. The van der Waals surface area contributed by atoms with Gasteiger partial charge in [0.1, 0.15) is 5.82 Å². The van der Waals surface area contributed by atoms with Crippen LogP contribution in [0.5, 0.6) is 5.75 Å². The summed E-state index contributed by atoms with van der Waals surface area (Å²) in [7, 11) is 0.